The number of carbonyl (C=O) groups is 3. The van der Waals surface area contributed by atoms with Crippen LogP contribution in [-0.2, 0) is 23.9 Å². The summed E-state index contributed by atoms with van der Waals surface area (Å²) in [4.78, 5) is 31.6. The molecular weight excluding hydrogens is 312 g/mol. The Balaban J connectivity index is 0. The molecule has 1 N–H and O–H groups in total. The van der Waals surface area contributed by atoms with E-state index in [2.05, 4.69) is 31.7 Å². The van der Waals surface area contributed by atoms with Gasteiger partial charge in [0.1, 0.15) is 0 Å². The molecule has 0 aromatic heterocycles. The molecule has 0 saturated heterocycles. The van der Waals surface area contributed by atoms with Crippen molar-refractivity contribution in [1.82, 2.24) is 0 Å². The van der Waals surface area contributed by atoms with Crippen molar-refractivity contribution in [2.75, 3.05) is 13.7 Å². The van der Waals surface area contributed by atoms with E-state index in [1.54, 1.807) is 0 Å². The van der Waals surface area contributed by atoms with Crippen molar-refractivity contribution >= 4 is 17.9 Å². The first-order valence-electron chi connectivity index (χ1n) is 7.79. The minimum atomic E-state index is -1.11. The summed E-state index contributed by atoms with van der Waals surface area (Å²) in [5, 5.41) is 8.42. The first-order valence-corrected chi connectivity index (χ1v) is 7.79. The highest BCUT2D eigenvalue weighted by Gasteiger charge is 2.11. The Morgan fingerprint density at radius 1 is 1.21 bits per heavy atom. The highest BCUT2D eigenvalue weighted by molar-refractivity contribution is 5.93. The molecule has 0 amide bonds. The number of ether oxygens (including phenoxy) is 2. The fourth-order valence-electron chi connectivity index (χ4n) is 1.51. The third-order valence-electron chi connectivity index (χ3n) is 3.05. The van der Waals surface area contributed by atoms with Gasteiger partial charge < -0.3 is 14.6 Å². The van der Waals surface area contributed by atoms with Crippen LogP contribution in [0.15, 0.2) is 37.0 Å². The van der Waals surface area contributed by atoms with Crippen LogP contribution in [0.5, 0.6) is 0 Å². The van der Waals surface area contributed by atoms with Crippen LogP contribution in [0.4, 0.5) is 0 Å². The maximum atomic E-state index is 11.5. The number of carboxylic acids is 1. The highest BCUT2D eigenvalue weighted by atomic mass is 16.5. The van der Waals surface area contributed by atoms with Gasteiger partial charge in [0.05, 0.1) is 19.3 Å². The lowest BCUT2D eigenvalue weighted by Crippen LogP contribution is -2.14. The maximum absolute atomic E-state index is 11.5. The normalized spacial score (nSPS) is 11.0. The van der Waals surface area contributed by atoms with Gasteiger partial charge in [-0.1, -0.05) is 46.3 Å². The standard InChI is InChI=1S/C14H22O4.C4H6O2/c1-4-6-7-12(5-2)10-18-14(17)11(3)8-9-13(15)16;1-3-4(5)6-2/h8-9,12H,3-7,10H2,1-2H3,(H,15,16);3H,1H2,2H3. The third-order valence-corrected chi connectivity index (χ3v) is 3.05. The Labute approximate surface area is 143 Å². The number of hydrogen-bond acceptors (Lipinski definition) is 5. The number of carbonyl (C=O) groups excluding carboxylic acids is 2. The van der Waals surface area contributed by atoms with E-state index in [1.165, 1.54) is 7.11 Å². The summed E-state index contributed by atoms with van der Waals surface area (Å²) in [5.74, 6) is -1.69. The molecule has 0 aliphatic heterocycles. The average molecular weight is 340 g/mol. The summed E-state index contributed by atoms with van der Waals surface area (Å²) in [6.45, 7) is 11.2. The number of methoxy groups -OCH3 is 1. The van der Waals surface area contributed by atoms with Crippen LogP contribution >= 0.6 is 0 Å². The molecule has 136 valence electrons. The van der Waals surface area contributed by atoms with Gasteiger partial charge in [0.15, 0.2) is 0 Å². The Morgan fingerprint density at radius 2 is 1.83 bits per heavy atom. The van der Waals surface area contributed by atoms with Crippen molar-refractivity contribution in [3.63, 3.8) is 0 Å². The molecule has 6 nitrogen and oxygen atoms in total. The maximum Gasteiger partial charge on any atom is 0.337 e. The summed E-state index contributed by atoms with van der Waals surface area (Å²) in [7, 11) is 1.31. The van der Waals surface area contributed by atoms with Crippen molar-refractivity contribution in [2.24, 2.45) is 5.92 Å². The summed E-state index contributed by atoms with van der Waals surface area (Å²) in [6, 6.07) is 0. The van der Waals surface area contributed by atoms with E-state index < -0.39 is 17.9 Å². The van der Waals surface area contributed by atoms with Crippen molar-refractivity contribution in [3.05, 3.63) is 37.0 Å². The van der Waals surface area contributed by atoms with Gasteiger partial charge in [0.25, 0.3) is 0 Å². The minimum absolute atomic E-state index is 0.0581. The summed E-state index contributed by atoms with van der Waals surface area (Å²) >= 11 is 0. The number of rotatable bonds is 10. The van der Waals surface area contributed by atoms with E-state index >= 15 is 0 Å². The Kier molecular flexibility index (Phi) is 15.5. The van der Waals surface area contributed by atoms with Gasteiger partial charge in [0.2, 0.25) is 0 Å². The minimum Gasteiger partial charge on any atom is -0.478 e. The number of unbranched alkanes of at least 4 members (excludes halogenated alkanes) is 1. The molecule has 0 spiro atoms. The molecule has 0 aliphatic carbocycles. The molecule has 1 unspecified atom stereocenters. The van der Waals surface area contributed by atoms with Crippen molar-refractivity contribution in [3.8, 4) is 0 Å². The van der Waals surface area contributed by atoms with E-state index in [-0.39, 0.29) is 5.57 Å². The van der Waals surface area contributed by atoms with Crippen LogP contribution in [-0.4, -0.2) is 36.7 Å². The second-order valence-corrected chi connectivity index (χ2v) is 4.94. The van der Waals surface area contributed by atoms with Crippen molar-refractivity contribution in [2.45, 2.75) is 39.5 Å². The molecule has 24 heavy (non-hydrogen) atoms. The Hall–Kier alpha value is -2.37. The van der Waals surface area contributed by atoms with Gasteiger partial charge in [-0.15, -0.1) is 0 Å². The van der Waals surface area contributed by atoms with Gasteiger partial charge in [-0.25, -0.2) is 14.4 Å². The van der Waals surface area contributed by atoms with Crippen LogP contribution in [0.3, 0.4) is 0 Å². The van der Waals surface area contributed by atoms with E-state index in [0.717, 1.165) is 43.9 Å². The molecule has 0 bridgehead atoms. The molecule has 0 fully saturated rings. The van der Waals surface area contributed by atoms with Crippen molar-refractivity contribution in [1.29, 1.82) is 0 Å². The second kappa shape index (κ2) is 15.5. The first kappa shape index (κ1) is 23.9. The number of hydrogen-bond donors (Lipinski definition) is 1. The molecule has 0 aliphatic rings. The average Bonchev–Trinajstić information content (AvgIpc) is 2.59. The van der Waals surface area contributed by atoms with Gasteiger partial charge >= 0.3 is 17.9 Å². The lowest BCUT2D eigenvalue weighted by molar-refractivity contribution is -0.140. The number of aliphatic carboxylic acids is 1. The van der Waals surface area contributed by atoms with Crippen LogP contribution in [0.2, 0.25) is 0 Å². The molecule has 0 aromatic rings. The first-order chi connectivity index (χ1) is 11.3. The van der Waals surface area contributed by atoms with Gasteiger partial charge in [-0.2, -0.15) is 0 Å². The van der Waals surface area contributed by atoms with Gasteiger partial charge in [-0.3, -0.25) is 0 Å². The predicted molar refractivity (Wildman–Crippen MR) is 92.4 cm³/mol. The SMILES string of the molecule is C=C(C=CC(=O)O)C(=O)OCC(CC)CCCC.C=CC(=O)OC. The highest BCUT2D eigenvalue weighted by Crippen LogP contribution is 2.13. The Bertz CT molecular complexity index is 450. The van der Waals surface area contributed by atoms with Crippen LogP contribution in [0.25, 0.3) is 0 Å². The van der Waals surface area contributed by atoms with Crippen LogP contribution < -0.4 is 0 Å². The molecule has 1 atom stereocenters. The molecule has 0 heterocycles. The van der Waals surface area contributed by atoms with Gasteiger partial charge in [-0.05, 0) is 18.4 Å². The molecule has 0 saturated carbocycles. The Morgan fingerprint density at radius 3 is 2.21 bits per heavy atom. The molecule has 0 aromatic carbocycles. The summed E-state index contributed by atoms with van der Waals surface area (Å²) < 4.78 is 9.25. The molecular formula is C18H28O6. The third kappa shape index (κ3) is 14.6. The van der Waals surface area contributed by atoms with E-state index in [1.807, 2.05) is 0 Å². The summed E-state index contributed by atoms with van der Waals surface area (Å²) in [5.41, 5.74) is 0.0581. The monoisotopic (exact) mass is 340 g/mol. The van der Waals surface area contributed by atoms with Crippen LogP contribution in [0.1, 0.15) is 39.5 Å². The lowest BCUT2D eigenvalue weighted by atomic mass is 10.0. The topological polar surface area (TPSA) is 89.9 Å². The summed E-state index contributed by atoms with van der Waals surface area (Å²) in [6.07, 6.45) is 7.38. The molecule has 0 radical (unpaired) electrons. The zero-order valence-electron chi connectivity index (χ0n) is 14.7. The van der Waals surface area contributed by atoms with E-state index in [9.17, 15) is 14.4 Å². The largest absolute Gasteiger partial charge is 0.478 e. The van der Waals surface area contributed by atoms with E-state index in [0.29, 0.717) is 12.5 Å². The van der Waals surface area contributed by atoms with Crippen LogP contribution in [0, 0.1) is 5.92 Å². The smallest absolute Gasteiger partial charge is 0.337 e. The quantitative estimate of drug-likeness (QED) is 0.373. The van der Waals surface area contributed by atoms with E-state index in [4.69, 9.17) is 9.84 Å². The lowest BCUT2D eigenvalue weighted by Gasteiger charge is -2.14. The number of carboxylic acid groups (broad SMARTS) is 1. The number of esters is 2. The second-order valence-electron chi connectivity index (χ2n) is 4.94. The van der Waals surface area contributed by atoms with Crippen molar-refractivity contribution < 1.29 is 29.0 Å². The fraction of sp³-hybridized carbons (Fsp3) is 0.500. The molecule has 0 rings (SSSR count). The zero-order chi connectivity index (χ0) is 19.0. The van der Waals surface area contributed by atoms with Gasteiger partial charge in [0, 0.05) is 12.2 Å². The zero-order valence-corrected chi connectivity index (χ0v) is 14.7. The fourth-order valence-corrected chi connectivity index (χ4v) is 1.51. The predicted octanol–water partition coefficient (Wildman–Crippen LogP) is 3.29. The molecule has 6 heteroatoms.